The molecule has 1 aliphatic rings. The summed E-state index contributed by atoms with van der Waals surface area (Å²) < 4.78 is 27.4. The van der Waals surface area contributed by atoms with Gasteiger partial charge in [0, 0.05) is 29.7 Å². The summed E-state index contributed by atoms with van der Waals surface area (Å²) in [5, 5.41) is 2.79. The zero-order chi connectivity index (χ0) is 19.9. The molecule has 1 aliphatic heterocycles. The van der Waals surface area contributed by atoms with Crippen molar-refractivity contribution in [1.82, 2.24) is 14.3 Å². The van der Waals surface area contributed by atoms with Gasteiger partial charge in [-0.1, -0.05) is 15.9 Å². The predicted molar refractivity (Wildman–Crippen MR) is 111 cm³/mol. The van der Waals surface area contributed by atoms with Gasteiger partial charge >= 0.3 is 0 Å². The summed E-state index contributed by atoms with van der Waals surface area (Å²) in [6.45, 7) is 0.407. The highest BCUT2D eigenvalue weighted by Crippen LogP contribution is 2.21. The first-order chi connectivity index (χ1) is 13.3. The van der Waals surface area contributed by atoms with E-state index in [9.17, 15) is 18.0 Å². The van der Waals surface area contributed by atoms with Crippen molar-refractivity contribution in [2.45, 2.75) is 31.8 Å². The molecule has 3 aromatic rings. The summed E-state index contributed by atoms with van der Waals surface area (Å²) >= 11 is 3.46. The number of fused-ring (bicyclic) bond motifs is 3. The Morgan fingerprint density at radius 3 is 2.79 bits per heavy atom. The van der Waals surface area contributed by atoms with Crippen molar-refractivity contribution < 1.29 is 13.2 Å². The molecule has 1 unspecified atom stereocenters. The van der Waals surface area contributed by atoms with Crippen LogP contribution < -0.4 is 10.9 Å². The van der Waals surface area contributed by atoms with Crippen LogP contribution in [0.3, 0.4) is 0 Å². The summed E-state index contributed by atoms with van der Waals surface area (Å²) in [7, 11) is -3.02. The fourth-order valence-corrected chi connectivity index (χ4v) is 5.78. The highest BCUT2D eigenvalue weighted by atomic mass is 79.9. The SMILES string of the molecule is O=C(CCCn1c(=O)c2cccn2c2ccc(Br)cc21)NC1CCS(=O)(=O)C1. The van der Waals surface area contributed by atoms with Crippen LogP contribution in [0, 0.1) is 0 Å². The third-order valence-electron chi connectivity index (χ3n) is 5.08. The van der Waals surface area contributed by atoms with Gasteiger partial charge in [0.25, 0.3) is 5.56 Å². The number of benzene rings is 1. The van der Waals surface area contributed by atoms with Crippen molar-refractivity contribution in [2.75, 3.05) is 11.5 Å². The number of hydrogen-bond donors (Lipinski definition) is 1. The Hall–Kier alpha value is -2.13. The molecule has 1 saturated heterocycles. The molecule has 1 atom stereocenters. The average molecular weight is 466 g/mol. The summed E-state index contributed by atoms with van der Waals surface area (Å²) in [5.41, 5.74) is 2.21. The molecular weight excluding hydrogens is 446 g/mol. The van der Waals surface area contributed by atoms with Gasteiger partial charge in [0.2, 0.25) is 5.91 Å². The normalized spacial score (nSPS) is 18.7. The fraction of sp³-hybridized carbons (Fsp3) is 0.368. The Bertz CT molecular complexity index is 1230. The minimum atomic E-state index is -3.02. The van der Waals surface area contributed by atoms with Crippen LogP contribution in [0.1, 0.15) is 19.3 Å². The van der Waals surface area contributed by atoms with Crippen LogP contribution in [0.5, 0.6) is 0 Å². The molecule has 148 valence electrons. The van der Waals surface area contributed by atoms with Gasteiger partial charge in [0.05, 0.1) is 22.5 Å². The maximum absolute atomic E-state index is 12.9. The average Bonchev–Trinajstić information content (AvgIpc) is 3.24. The third kappa shape index (κ3) is 3.73. The van der Waals surface area contributed by atoms with E-state index >= 15 is 0 Å². The number of nitrogens with zero attached hydrogens (tertiary/aromatic N) is 2. The van der Waals surface area contributed by atoms with Crippen molar-refractivity contribution in [3.63, 3.8) is 0 Å². The molecule has 28 heavy (non-hydrogen) atoms. The molecular formula is C19H20BrN3O4S. The molecule has 0 bridgehead atoms. The molecule has 3 heterocycles. The van der Waals surface area contributed by atoms with Gasteiger partial charge in [-0.25, -0.2) is 8.42 Å². The number of rotatable bonds is 5. The second kappa shape index (κ2) is 7.36. The van der Waals surface area contributed by atoms with E-state index in [1.54, 1.807) is 10.6 Å². The van der Waals surface area contributed by atoms with Gasteiger partial charge in [-0.15, -0.1) is 0 Å². The van der Waals surface area contributed by atoms with Gasteiger partial charge in [-0.2, -0.15) is 0 Å². The van der Waals surface area contributed by atoms with Crippen molar-refractivity contribution in [2.24, 2.45) is 0 Å². The number of carbonyl (C=O) groups excluding carboxylic acids is 1. The van der Waals surface area contributed by atoms with Crippen LogP contribution in [0.4, 0.5) is 0 Å². The first kappa shape index (κ1) is 19.2. The number of amides is 1. The molecule has 7 nitrogen and oxygen atoms in total. The van der Waals surface area contributed by atoms with Crippen molar-refractivity contribution in [3.05, 3.63) is 51.4 Å². The Balaban J connectivity index is 1.51. The van der Waals surface area contributed by atoms with Crippen LogP contribution in [-0.2, 0) is 21.2 Å². The third-order valence-corrected chi connectivity index (χ3v) is 7.35. The largest absolute Gasteiger partial charge is 0.352 e. The molecule has 0 radical (unpaired) electrons. The van der Waals surface area contributed by atoms with Crippen molar-refractivity contribution >= 4 is 48.2 Å². The van der Waals surface area contributed by atoms with Gasteiger partial charge in [-0.3, -0.25) is 9.59 Å². The van der Waals surface area contributed by atoms with Crippen LogP contribution in [-0.4, -0.2) is 40.8 Å². The molecule has 2 aromatic heterocycles. The number of aromatic nitrogens is 2. The van der Waals surface area contributed by atoms with E-state index in [4.69, 9.17) is 0 Å². The van der Waals surface area contributed by atoms with Crippen LogP contribution in [0.15, 0.2) is 45.8 Å². The minimum absolute atomic E-state index is 0.0156. The summed E-state index contributed by atoms with van der Waals surface area (Å²) in [6, 6.07) is 9.11. The van der Waals surface area contributed by atoms with E-state index in [-0.39, 0.29) is 35.4 Å². The zero-order valence-electron chi connectivity index (χ0n) is 15.1. The second-order valence-corrected chi connectivity index (χ2v) is 10.3. The fourth-order valence-electron chi connectivity index (χ4n) is 3.76. The molecule has 4 rings (SSSR count). The number of halogens is 1. The standard InChI is InChI=1S/C19H20BrN3O4S/c20-13-5-6-15-17(11-13)23(19(25)16-3-1-8-22(15)16)9-2-4-18(24)21-14-7-10-28(26,27)12-14/h1,3,5-6,8,11,14H,2,4,7,9-10,12H2,(H,21,24). The maximum Gasteiger partial charge on any atom is 0.275 e. The lowest BCUT2D eigenvalue weighted by Gasteiger charge is -2.14. The summed E-state index contributed by atoms with van der Waals surface area (Å²) in [6.07, 6.45) is 3.06. The highest BCUT2D eigenvalue weighted by Gasteiger charge is 2.28. The van der Waals surface area contributed by atoms with Gasteiger partial charge in [-0.05, 0) is 43.2 Å². The van der Waals surface area contributed by atoms with E-state index in [1.807, 2.05) is 34.9 Å². The molecule has 0 saturated carbocycles. The molecule has 1 aromatic carbocycles. The predicted octanol–water partition coefficient (Wildman–Crippen LogP) is 2.10. The smallest absolute Gasteiger partial charge is 0.275 e. The van der Waals surface area contributed by atoms with Crippen molar-refractivity contribution in [3.8, 4) is 0 Å². The maximum atomic E-state index is 12.9. The monoisotopic (exact) mass is 465 g/mol. The van der Waals surface area contributed by atoms with E-state index in [0.29, 0.717) is 24.9 Å². The first-order valence-corrected chi connectivity index (χ1v) is 11.7. The second-order valence-electron chi connectivity index (χ2n) is 7.12. The number of hydrogen-bond acceptors (Lipinski definition) is 4. The van der Waals surface area contributed by atoms with E-state index in [2.05, 4.69) is 21.2 Å². The minimum Gasteiger partial charge on any atom is -0.352 e. The topological polar surface area (TPSA) is 89.7 Å². The number of carbonyl (C=O) groups is 1. The van der Waals surface area contributed by atoms with Gasteiger partial charge < -0.3 is 14.3 Å². The summed E-state index contributed by atoms with van der Waals surface area (Å²) in [5.74, 6) is -0.0304. The molecule has 0 spiro atoms. The quantitative estimate of drug-likeness (QED) is 0.624. The lowest BCUT2D eigenvalue weighted by molar-refractivity contribution is -0.121. The lowest BCUT2D eigenvalue weighted by atomic mass is 10.2. The number of aryl methyl sites for hydroxylation is 1. The Morgan fingerprint density at radius 1 is 1.21 bits per heavy atom. The lowest BCUT2D eigenvalue weighted by Crippen LogP contribution is -2.35. The number of nitrogens with one attached hydrogen (secondary N) is 1. The Labute approximate surface area is 170 Å². The highest BCUT2D eigenvalue weighted by molar-refractivity contribution is 9.10. The molecule has 1 N–H and O–H groups in total. The van der Waals surface area contributed by atoms with E-state index in [0.717, 1.165) is 15.5 Å². The molecule has 9 heteroatoms. The van der Waals surface area contributed by atoms with Crippen molar-refractivity contribution in [1.29, 1.82) is 0 Å². The zero-order valence-corrected chi connectivity index (χ0v) is 17.5. The summed E-state index contributed by atoms with van der Waals surface area (Å²) in [4.78, 5) is 25.1. The van der Waals surface area contributed by atoms with Crippen LogP contribution >= 0.6 is 15.9 Å². The van der Waals surface area contributed by atoms with E-state index < -0.39 is 9.84 Å². The first-order valence-electron chi connectivity index (χ1n) is 9.13. The van der Waals surface area contributed by atoms with Crippen LogP contribution in [0.2, 0.25) is 0 Å². The molecule has 1 amide bonds. The van der Waals surface area contributed by atoms with E-state index in [1.165, 1.54) is 0 Å². The number of sulfone groups is 1. The Morgan fingerprint density at radius 2 is 2.04 bits per heavy atom. The molecule has 1 fully saturated rings. The van der Waals surface area contributed by atoms with Crippen LogP contribution in [0.25, 0.3) is 16.6 Å². The van der Waals surface area contributed by atoms with Gasteiger partial charge in [0.15, 0.2) is 9.84 Å². The Kier molecular flexibility index (Phi) is 5.05. The molecule has 0 aliphatic carbocycles. The van der Waals surface area contributed by atoms with Gasteiger partial charge in [0.1, 0.15) is 5.52 Å².